The van der Waals surface area contributed by atoms with Gasteiger partial charge in [-0.1, -0.05) is 0 Å². The van der Waals surface area contributed by atoms with Crippen LogP contribution in [0.2, 0.25) is 0 Å². The summed E-state index contributed by atoms with van der Waals surface area (Å²) in [5, 5.41) is 4.10. The minimum Gasteiger partial charge on any atom is -0.497 e. The second kappa shape index (κ2) is 7.21. The van der Waals surface area contributed by atoms with Crippen molar-refractivity contribution in [3.63, 3.8) is 0 Å². The van der Waals surface area contributed by atoms with E-state index in [0.717, 1.165) is 5.56 Å². The van der Waals surface area contributed by atoms with Crippen LogP contribution in [-0.4, -0.2) is 30.8 Å². The number of amides is 1. The van der Waals surface area contributed by atoms with Crippen LogP contribution < -0.4 is 14.9 Å². The maximum atomic E-state index is 11.9. The van der Waals surface area contributed by atoms with Gasteiger partial charge in [-0.25, -0.2) is 5.43 Å². The van der Waals surface area contributed by atoms with Crippen molar-refractivity contribution >= 4 is 11.6 Å². The van der Waals surface area contributed by atoms with Crippen molar-refractivity contribution in [2.75, 3.05) is 14.2 Å². The van der Waals surface area contributed by atoms with E-state index in [1.54, 1.807) is 51.6 Å². The predicted molar refractivity (Wildman–Crippen MR) is 83.5 cm³/mol. The number of ether oxygens (including phenoxy) is 2. The SMILES string of the molecule is COc1ccc(/C(C)=N/NC(=O)c2cccnc2)c(OC)c1. The van der Waals surface area contributed by atoms with Gasteiger partial charge in [0.1, 0.15) is 11.5 Å². The van der Waals surface area contributed by atoms with Crippen molar-refractivity contribution in [3.8, 4) is 11.5 Å². The molecule has 0 aliphatic rings. The fourth-order valence-electron chi connectivity index (χ4n) is 1.85. The monoisotopic (exact) mass is 299 g/mol. The fraction of sp³-hybridized carbons (Fsp3) is 0.188. The average molecular weight is 299 g/mol. The lowest BCUT2D eigenvalue weighted by Crippen LogP contribution is -2.19. The molecule has 0 spiro atoms. The average Bonchev–Trinajstić information content (AvgIpc) is 2.59. The minimum absolute atomic E-state index is 0.320. The summed E-state index contributed by atoms with van der Waals surface area (Å²) in [5.74, 6) is 0.990. The number of hydrogen-bond donors (Lipinski definition) is 1. The van der Waals surface area contributed by atoms with Crippen molar-refractivity contribution in [1.29, 1.82) is 0 Å². The molecule has 1 heterocycles. The number of carbonyl (C=O) groups excluding carboxylic acids is 1. The molecule has 0 aliphatic carbocycles. The molecule has 2 aromatic rings. The molecule has 6 nitrogen and oxygen atoms in total. The molecule has 0 saturated heterocycles. The van der Waals surface area contributed by atoms with Gasteiger partial charge in [-0.2, -0.15) is 5.10 Å². The first kappa shape index (κ1) is 15.5. The Kier molecular flexibility index (Phi) is 5.08. The van der Waals surface area contributed by atoms with Crippen LogP contribution in [-0.2, 0) is 0 Å². The zero-order valence-corrected chi connectivity index (χ0v) is 12.7. The highest BCUT2D eigenvalue weighted by atomic mass is 16.5. The van der Waals surface area contributed by atoms with Gasteiger partial charge in [-0.3, -0.25) is 9.78 Å². The lowest BCUT2D eigenvalue weighted by atomic mass is 10.1. The summed E-state index contributed by atoms with van der Waals surface area (Å²) < 4.78 is 10.5. The van der Waals surface area contributed by atoms with E-state index in [2.05, 4.69) is 15.5 Å². The van der Waals surface area contributed by atoms with Crippen LogP contribution in [0.4, 0.5) is 0 Å². The van der Waals surface area contributed by atoms with Crippen LogP contribution in [0.5, 0.6) is 11.5 Å². The van der Waals surface area contributed by atoms with Gasteiger partial charge in [0.05, 0.1) is 25.5 Å². The summed E-state index contributed by atoms with van der Waals surface area (Å²) in [4.78, 5) is 15.8. The van der Waals surface area contributed by atoms with E-state index in [1.165, 1.54) is 6.20 Å². The number of nitrogens with one attached hydrogen (secondary N) is 1. The Morgan fingerprint density at radius 2 is 2.05 bits per heavy atom. The van der Waals surface area contributed by atoms with Gasteiger partial charge >= 0.3 is 0 Å². The Bertz CT molecular complexity index is 684. The molecule has 0 fully saturated rings. The first-order chi connectivity index (χ1) is 10.7. The zero-order chi connectivity index (χ0) is 15.9. The van der Waals surface area contributed by atoms with Crippen LogP contribution in [0.25, 0.3) is 0 Å². The molecule has 2 rings (SSSR count). The first-order valence-electron chi connectivity index (χ1n) is 6.62. The molecule has 0 saturated carbocycles. The van der Waals surface area contributed by atoms with Crippen molar-refractivity contribution in [3.05, 3.63) is 53.9 Å². The zero-order valence-electron chi connectivity index (χ0n) is 12.7. The van der Waals surface area contributed by atoms with Gasteiger partial charge in [-0.15, -0.1) is 0 Å². The van der Waals surface area contributed by atoms with Gasteiger partial charge in [0.25, 0.3) is 5.91 Å². The number of hydrogen-bond acceptors (Lipinski definition) is 5. The molecular formula is C16H17N3O3. The fourth-order valence-corrected chi connectivity index (χ4v) is 1.85. The molecular weight excluding hydrogens is 282 g/mol. The molecule has 6 heteroatoms. The maximum absolute atomic E-state index is 11.9. The molecule has 0 atom stereocenters. The lowest BCUT2D eigenvalue weighted by Gasteiger charge is -2.10. The smallest absolute Gasteiger partial charge is 0.272 e. The van der Waals surface area contributed by atoms with Crippen LogP contribution in [0.1, 0.15) is 22.8 Å². The summed E-state index contributed by atoms with van der Waals surface area (Å²) in [6, 6.07) is 8.75. The van der Waals surface area contributed by atoms with Crippen LogP contribution in [0.3, 0.4) is 0 Å². The molecule has 1 aromatic carbocycles. The number of hydrazone groups is 1. The summed E-state index contributed by atoms with van der Waals surface area (Å²) in [6.45, 7) is 1.79. The molecule has 22 heavy (non-hydrogen) atoms. The lowest BCUT2D eigenvalue weighted by molar-refractivity contribution is 0.0954. The predicted octanol–water partition coefficient (Wildman–Crippen LogP) is 2.25. The minimum atomic E-state index is -0.320. The number of rotatable bonds is 5. The third-order valence-electron chi connectivity index (χ3n) is 3.05. The Balaban J connectivity index is 2.17. The highest BCUT2D eigenvalue weighted by Gasteiger charge is 2.09. The highest BCUT2D eigenvalue weighted by Crippen LogP contribution is 2.25. The maximum Gasteiger partial charge on any atom is 0.272 e. The van der Waals surface area contributed by atoms with Crippen LogP contribution in [0, 0.1) is 0 Å². The number of nitrogens with zero attached hydrogens (tertiary/aromatic N) is 2. The molecule has 0 unspecified atom stereocenters. The van der Waals surface area contributed by atoms with E-state index in [1.807, 2.05) is 6.07 Å². The largest absolute Gasteiger partial charge is 0.497 e. The van der Waals surface area contributed by atoms with Gasteiger partial charge in [0.15, 0.2) is 0 Å². The van der Waals surface area contributed by atoms with E-state index in [-0.39, 0.29) is 5.91 Å². The quantitative estimate of drug-likeness (QED) is 0.679. The molecule has 0 aliphatic heterocycles. The van der Waals surface area contributed by atoms with E-state index >= 15 is 0 Å². The summed E-state index contributed by atoms with van der Waals surface area (Å²) in [7, 11) is 3.16. The Hall–Kier alpha value is -2.89. The Morgan fingerprint density at radius 1 is 1.23 bits per heavy atom. The second-order valence-electron chi connectivity index (χ2n) is 4.45. The van der Waals surface area contributed by atoms with Crippen LogP contribution in [0.15, 0.2) is 47.8 Å². The summed E-state index contributed by atoms with van der Waals surface area (Å²) in [5.41, 5.74) is 4.34. The van der Waals surface area contributed by atoms with E-state index in [4.69, 9.17) is 9.47 Å². The standard InChI is InChI=1S/C16H17N3O3/c1-11(14-7-6-13(21-2)9-15(14)22-3)18-19-16(20)12-5-4-8-17-10-12/h4-10H,1-3H3,(H,19,20)/b18-11+. The van der Waals surface area contributed by atoms with Gasteiger partial charge < -0.3 is 9.47 Å². The van der Waals surface area contributed by atoms with Gasteiger partial charge in [-0.05, 0) is 31.2 Å². The van der Waals surface area contributed by atoms with Crippen molar-refractivity contribution in [2.45, 2.75) is 6.92 Å². The number of methoxy groups -OCH3 is 2. The summed E-state index contributed by atoms with van der Waals surface area (Å²) in [6.07, 6.45) is 3.08. The third-order valence-corrected chi connectivity index (χ3v) is 3.05. The number of pyridine rings is 1. The Labute approximate surface area is 128 Å². The van der Waals surface area contributed by atoms with E-state index in [9.17, 15) is 4.79 Å². The second-order valence-corrected chi connectivity index (χ2v) is 4.45. The van der Waals surface area contributed by atoms with Crippen molar-refractivity contribution < 1.29 is 14.3 Å². The van der Waals surface area contributed by atoms with Crippen LogP contribution >= 0.6 is 0 Å². The number of carbonyl (C=O) groups is 1. The van der Waals surface area contributed by atoms with Crippen molar-refractivity contribution in [2.24, 2.45) is 5.10 Å². The van der Waals surface area contributed by atoms with E-state index in [0.29, 0.717) is 22.8 Å². The molecule has 1 amide bonds. The first-order valence-corrected chi connectivity index (χ1v) is 6.62. The third kappa shape index (κ3) is 3.60. The molecule has 0 radical (unpaired) electrons. The number of benzene rings is 1. The topological polar surface area (TPSA) is 72.8 Å². The van der Waals surface area contributed by atoms with Gasteiger partial charge in [0.2, 0.25) is 0 Å². The van der Waals surface area contributed by atoms with Crippen molar-refractivity contribution in [1.82, 2.24) is 10.4 Å². The summed E-state index contributed by atoms with van der Waals surface area (Å²) >= 11 is 0. The molecule has 1 N–H and O–H groups in total. The molecule has 1 aromatic heterocycles. The van der Waals surface area contributed by atoms with Gasteiger partial charge in [0, 0.05) is 24.0 Å². The van der Waals surface area contributed by atoms with E-state index < -0.39 is 0 Å². The molecule has 0 bridgehead atoms. The Morgan fingerprint density at radius 3 is 2.68 bits per heavy atom. The molecule has 114 valence electrons. The normalized spacial score (nSPS) is 11.0. The highest BCUT2D eigenvalue weighted by molar-refractivity contribution is 6.02. The number of aromatic nitrogens is 1.